The Kier molecular flexibility index (Phi) is 7.93. The Balaban J connectivity index is 0.00000360. The molecule has 4 heteroatoms. The summed E-state index contributed by atoms with van der Waals surface area (Å²) in [6, 6.07) is 61.0. The van der Waals surface area contributed by atoms with Gasteiger partial charge in [-0.05, 0) is 92.7 Å². The van der Waals surface area contributed by atoms with Gasteiger partial charge in [0.25, 0.3) is 0 Å². The van der Waals surface area contributed by atoms with Crippen LogP contribution in [0.5, 0.6) is 0 Å². The third kappa shape index (κ3) is 5.21. The maximum Gasteiger partial charge on any atom is 0.0544 e. The fraction of sp³-hybridized carbons (Fsp3) is 0.0625. The molecule has 0 fully saturated rings. The van der Waals surface area contributed by atoms with Crippen LogP contribution in [-0.2, 0) is 25.5 Å². The standard InChI is InChI=1S/C48H33N2S.Ir/c1-48(2)41-18-10-9-17-37(41)38-29-40-39-28-33(46-22-23-47(51-46)43-19-11-12-24-49-43)20-21-44(39)50(45(40)30-42(38)48)36-26-34(31-13-5-3-6-14-31)25-35(27-36)32-15-7-4-8-16-32;/h3-22,24-30H,1-2H3;/q-1;. The zero-order valence-corrected chi connectivity index (χ0v) is 31.9. The Morgan fingerprint density at radius 3 is 1.94 bits per heavy atom. The van der Waals surface area contributed by atoms with Crippen molar-refractivity contribution in [1.29, 1.82) is 0 Å². The summed E-state index contributed by atoms with van der Waals surface area (Å²) in [7, 11) is 0. The van der Waals surface area contributed by atoms with Crippen molar-refractivity contribution in [1.82, 2.24) is 9.55 Å². The van der Waals surface area contributed by atoms with E-state index >= 15 is 0 Å². The van der Waals surface area contributed by atoms with Gasteiger partial charge in [-0.25, -0.2) is 11.3 Å². The van der Waals surface area contributed by atoms with Gasteiger partial charge in [0.1, 0.15) is 0 Å². The van der Waals surface area contributed by atoms with E-state index in [4.69, 9.17) is 0 Å². The molecule has 0 bridgehead atoms. The molecule has 1 aliphatic rings. The molecule has 10 rings (SSSR count). The van der Waals surface area contributed by atoms with Crippen LogP contribution >= 0.6 is 11.3 Å². The molecular formula is C48H33IrN2S-. The van der Waals surface area contributed by atoms with Crippen LogP contribution in [0, 0.1) is 6.07 Å². The van der Waals surface area contributed by atoms with E-state index < -0.39 is 0 Å². The van der Waals surface area contributed by atoms with Gasteiger partial charge < -0.3 is 9.55 Å². The summed E-state index contributed by atoms with van der Waals surface area (Å²) in [5.41, 5.74) is 15.8. The molecule has 2 nitrogen and oxygen atoms in total. The van der Waals surface area contributed by atoms with Crippen LogP contribution in [-0.4, -0.2) is 9.55 Å². The maximum absolute atomic E-state index is 4.58. The smallest absolute Gasteiger partial charge is 0.0544 e. The molecule has 0 aliphatic heterocycles. The van der Waals surface area contributed by atoms with E-state index in [9.17, 15) is 0 Å². The summed E-state index contributed by atoms with van der Waals surface area (Å²) in [5, 5.41) is 2.50. The monoisotopic (exact) mass is 862 g/mol. The van der Waals surface area contributed by atoms with Gasteiger partial charge in [-0.15, -0.1) is 0 Å². The largest absolute Gasteiger partial charge is 0.319 e. The summed E-state index contributed by atoms with van der Waals surface area (Å²) in [6.45, 7) is 4.73. The summed E-state index contributed by atoms with van der Waals surface area (Å²) >= 11 is 1.74. The van der Waals surface area contributed by atoms with Crippen molar-refractivity contribution in [3.05, 3.63) is 181 Å². The van der Waals surface area contributed by atoms with E-state index in [1.54, 1.807) is 11.3 Å². The number of pyridine rings is 1. The van der Waals surface area contributed by atoms with Crippen LogP contribution in [0.3, 0.4) is 0 Å². The number of aromatic nitrogens is 2. The number of fused-ring (bicyclic) bond motifs is 6. The molecule has 0 unspecified atom stereocenters. The van der Waals surface area contributed by atoms with Gasteiger partial charge in [0.15, 0.2) is 0 Å². The number of nitrogens with zero attached hydrogens (tertiary/aromatic N) is 2. The molecule has 9 aromatic rings. The molecule has 1 aliphatic carbocycles. The number of thiophene rings is 1. The number of rotatable bonds is 5. The summed E-state index contributed by atoms with van der Waals surface area (Å²) < 4.78 is 2.49. The van der Waals surface area contributed by atoms with Gasteiger partial charge in [-0.2, -0.15) is 12.1 Å². The zero-order valence-electron chi connectivity index (χ0n) is 28.7. The molecule has 0 amide bonds. The van der Waals surface area contributed by atoms with Crippen LogP contribution < -0.4 is 0 Å². The minimum atomic E-state index is -0.109. The van der Waals surface area contributed by atoms with Crippen molar-refractivity contribution in [3.8, 4) is 60.1 Å². The maximum atomic E-state index is 4.58. The molecule has 6 aromatic carbocycles. The van der Waals surface area contributed by atoms with E-state index in [-0.39, 0.29) is 25.5 Å². The molecule has 0 atom stereocenters. The van der Waals surface area contributed by atoms with E-state index in [0.29, 0.717) is 0 Å². The summed E-state index contributed by atoms with van der Waals surface area (Å²) in [5.74, 6) is 0. The van der Waals surface area contributed by atoms with E-state index in [1.807, 2.05) is 18.3 Å². The van der Waals surface area contributed by atoms with Crippen LogP contribution in [0.15, 0.2) is 164 Å². The number of benzene rings is 6. The van der Waals surface area contributed by atoms with Crippen molar-refractivity contribution in [2.45, 2.75) is 19.3 Å². The van der Waals surface area contributed by atoms with Gasteiger partial charge in [0, 0.05) is 48.2 Å². The topological polar surface area (TPSA) is 17.8 Å². The molecular weight excluding hydrogens is 829 g/mol. The zero-order chi connectivity index (χ0) is 34.1. The number of hydrogen-bond acceptors (Lipinski definition) is 2. The minimum absolute atomic E-state index is 0. The molecule has 0 saturated carbocycles. The van der Waals surface area contributed by atoms with Crippen molar-refractivity contribution >= 4 is 33.1 Å². The van der Waals surface area contributed by atoms with Crippen molar-refractivity contribution in [3.63, 3.8) is 0 Å². The second-order valence-electron chi connectivity index (χ2n) is 14.0. The molecule has 3 heterocycles. The van der Waals surface area contributed by atoms with Crippen molar-refractivity contribution in [2.75, 3.05) is 0 Å². The SMILES string of the molecule is CC1(C)c2ccccc2-c2cc3c4cc(-c5c[c-]c(-c6ccccn6)s5)ccc4n(-c4cc(-c5ccccc5)cc(-c5ccccc5)c4)c3cc21.[Ir]. The molecule has 0 N–H and O–H groups in total. The molecule has 3 aromatic heterocycles. The first-order valence-corrected chi connectivity index (χ1v) is 18.3. The minimum Gasteiger partial charge on any atom is -0.319 e. The molecule has 1 radical (unpaired) electrons. The summed E-state index contributed by atoms with van der Waals surface area (Å²) in [6.07, 6.45) is 1.84. The van der Waals surface area contributed by atoms with Crippen LogP contribution in [0.1, 0.15) is 25.0 Å². The first-order valence-electron chi connectivity index (χ1n) is 17.5. The molecule has 0 spiro atoms. The van der Waals surface area contributed by atoms with Crippen LogP contribution in [0.25, 0.3) is 81.9 Å². The van der Waals surface area contributed by atoms with Crippen molar-refractivity contribution in [2.24, 2.45) is 0 Å². The second kappa shape index (κ2) is 12.7. The van der Waals surface area contributed by atoms with Gasteiger partial charge in [0.2, 0.25) is 0 Å². The Bertz CT molecular complexity index is 2700. The first-order chi connectivity index (χ1) is 25.0. The quantitative estimate of drug-likeness (QED) is 0.158. The van der Waals surface area contributed by atoms with Gasteiger partial charge in [0.05, 0.1) is 11.0 Å². The van der Waals surface area contributed by atoms with Gasteiger partial charge in [-0.3, -0.25) is 0 Å². The molecule has 251 valence electrons. The first kappa shape index (κ1) is 32.5. The Morgan fingerprint density at radius 2 is 1.23 bits per heavy atom. The number of hydrogen-bond donors (Lipinski definition) is 0. The normalized spacial score (nSPS) is 12.8. The predicted molar refractivity (Wildman–Crippen MR) is 215 cm³/mol. The molecule has 0 saturated heterocycles. The Morgan fingerprint density at radius 1 is 0.558 bits per heavy atom. The average Bonchev–Trinajstić information content (AvgIpc) is 3.87. The van der Waals surface area contributed by atoms with E-state index in [1.165, 1.54) is 76.8 Å². The summed E-state index contributed by atoms with van der Waals surface area (Å²) in [4.78, 5) is 6.82. The van der Waals surface area contributed by atoms with Crippen LogP contribution in [0.4, 0.5) is 0 Å². The second-order valence-corrected chi connectivity index (χ2v) is 15.0. The Hall–Kier alpha value is -5.38. The van der Waals surface area contributed by atoms with Gasteiger partial charge in [-0.1, -0.05) is 138 Å². The molecule has 52 heavy (non-hydrogen) atoms. The van der Waals surface area contributed by atoms with Gasteiger partial charge >= 0.3 is 0 Å². The third-order valence-corrected chi connectivity index (χ3v) is 11.7. The van der Waals surface area contributed by atoms with Crippen molar-refractivity contribution < 1.29 is 20.1 Å². The fourth-order valence-corrected chi connectivity index (χ4v) is 8.97. The van der Waals surface area contributed by atoms with Crippen LogP contribution in [0.2, 0.25) is 0 Å². The fourth-order valence-electron chi connectivity index (χ4n) is 8.05. The third-order valence-electron chi connectivity index (χ3n) is 10.6. The van der Waals surface area contributed by atoms with E-state index in [0.717, 1.165) is 16.3 Å². The van der Waals surface area contributed by atoms with E-state index in [2.05, 4.69) is 175 Å². The Labute approximate surface area is 321 Å². The predicted octanol–water partition coefficient (Wildman–Crippen LogP) is 13.0. The average molecular weight is 862 g/mol.